The van der Waals surface area contributed by atoms with Crippen LogP contribution in [0, 0.1) is 6.92 Å². The molecule has 16 heteroatoms. The van der Waals surface area contributed by atoms with Gasteiger partial charge in [-0.2, -0.15) is 5.10 Å². The van der Waals surface area contributed by atoms with Crippen LogP contribution in [0.1, 0.15) is 55.4 Å². The Kier molecular flexibility index (Phi) is 15.7. The van der Waals surface area contributed by atoms with E-state index in [0.29, 0.717) is 34.6 Å². The fourth-order valence-electron chi connectivity index (χ4n) is 8.58. The number of carbonyl (C=O) groups is 2. The van der Waals surface area contributed by atoms with Crippen LogP contribution in [-0.4, -0.2) is 118 Å². The zero-order valence-corrected chi connectivity index (χ0v) is 40.7. The van der Waals surface area contributed by atoms with Gasteiger partial charge in [-0.1, -0.05) is 70.0 Å². The largest absolute Gasteiger partial charge is 0.378 e. The van der Waals surface area contributed by atoms with E-state index in [0.717, 1.165) is 95.7 Å². The van der Waals surface area contributed by atoms with Crippen LogP contribution in [0.3, 0.4) is 0 Å². The van der Waals surface area contributed by atoms with Gasteiger partial charge in [-0.25, -0.2) is 9.97 Å². The highest BCUT2D eigenvalue weighted by atomic mass is 79.9. The Hall–Kier alpha value is -6.17. The topological polar surface area (TPSA) is 192 Å². The Morgan fingerprint density at radius 2 is 1.34 bits per heavy atom. The molecule has 0 saturated carbocycles. The van der Waals surface area contributed by atoms with Gasteiger partial charge in [0.25, 0.3) is 11.8 Å². The minimum Gasteiger partial charge on any atom is -0.378 e. The summed E-state index contributed by atoms with van der Waals surface area (Å²) in [5.74, 6) is -0.720. The monoisotopic (exact) mass is 971 g/mol. The number of rotatable bonds is 12. The van der Waals surface area contributed by atoms with Crippen LogP contribution in [0.4, 0.5) is 28.7 Å². The number of aryl methyl sites for hydroxylation is 1. The highest BCUT2D eigenvalue weighted by Crippen LogP contribution is 2.37. The van der Waals surface area contributed by atoms with Crippen molar-refractivity contribution in [1.82, 2.24) is 30.0 Å². The van der Waals surface area contributed by atoms with E-state index >= 15 is 0 Å². The van der Waals surface area contributed by atoms with Gasteiger partial charge in [-0.15, -0.1) is 0 Å². The predicted octanol–water partition coefficient (Wildman–Crippen LogP) is 7.45. The zero-order chi connectivity index (χ0) is 47.8. The molecular weight excluding hydrogens is 911 g/mol. The normalized spacial score (nSPS) is 16.0. The van der Waals surface area contributed by atoms with E-state index < -0.39 is 23.5 Å². The predicted molar refractivity (Wildman–Crippen MR) is 271 cm³/mol. The van der Waals surface area contributed by atoms with Crippen LogP contribution in [-0.2, 0) is 15.2 Å². The molecule has 4 heterocycles. The fourth-order valence-corrected chi connectivity index (χ4v) is 8.84. The van der Waals surface area contributed by atoms with Crippen LogP contribution in [0.2, 0.25) is 0 Å². The number of nitrogens with one attached hydrogen (secondary N) is 3. The van der Waals surface area contributed by atoms with Crippen LogP contribution in [0.15, 0.2) is 114 Å². The third kappa shape index (κ3) is 12.1. The Labute approximate surface area is 401 Å². The molecule has 2 saturated heterocycles. The first-order valence-electron chi connectivity index (χ1n) is 22.6. The van der Waals surface area contributed by atoms with E-state index in [1.54, 1.807) is 36.7 Å². The summed E-state index contributed by atoms with van der Waals surface area (Å²) in [6, 6.07) is 29.1. The molecule has 0 spiro atoms. The van der Waals surface area contributed by atoms with Crippen molar-refractivity contribution in [2.45, 2.75) is 63.3 Å². The Morgan fingerprint density at radius 3 is 1.88 bits per heavy atom. The number of anilines is 5. The molecule has 8 rings (SSSR count). The third-order valence-corrected chi connectivity index (χ3v) is 13.4. The maximum atomic E-state index is 13.2. The third-order valence-electron chi connectivity index (χ3n) is 12.9. The van der Waals surface area contributed by atoms with Gasteiger partial charge in [0.15, 0.2) is 11.7 Å². The number of nitrogens with zero attached hydrogens (tertiary/aromatic N) is 7. The summed E-state index contributed by atoms with van der Waals surface area (Å²) < 4.78 is 0.890. The van der Waals surface area contributed by atoms with Gasteiger partial charge in [0.05, 0.1) is 34.6 Å². The highest BCUT2D eigenvalue weighted by molar-refractivity contribution is 9.10. The Balaban J connectivity index is 0.000000199. The number of H-pyrrole nitrogens is 1. The van der Waals surface area contributed by atoms with Crippen molar-refractivity contribution in [2.24, 2.45) is 0 Å². The number of aliphatic hydroxyl groups excluding tert-OH is 1. The number of aliphatic hydroxyl groups is 2. The molecule has 2 amide bonds. The number of amides is 2. The molecule has 2 fully saturated rings. The van der Waals surface area contributed by atoms with Gasteiger partial charge in [-0.3, -0.25) is 14.7 Å². The van der Waals surface area contributed by atoms with Gasteiger partial charge in [0, 0.05) is 66.3 Å². The van der Waals surface area contributed by atoms with Gasteiger partial charge in [0.1, 0.15) is 0 Å². The molecule has 2 aromatic heterocycles. The van der Waals surface area contributed by atoms with Crippen LogP contribution < -0.4 is 26.2 Å². The minimum absolute atomic E-state index is 0.212. The second-order valence-corrected chi connectivity index (χ2v) is 18.9. The number of halogens is 1. The first kappa shape index (κ1) is 48.8. The Bertz CT molecular complexity index is 2590. The molecule has 2 aliphatic heterocycles. The molecule has 0 aliphatic carbocycles. The molecule has 4 aromatic carbocycles. The summed E-state index contributed by atoms with van der Waals surface area (Å²) in [7, 11) is 8.46. The second kappa shape index (κ2) is 21.6. The number of hydrogen-bond donors (Lipinski definition) is 6. The smallest absolute Gasteiger partial charge is 0.260 e. The molecule has 0 radical (unpaired) electrons. The lowest BCUT2D eigenvalue weighted by molar-refractivity contribution is -0.133. The lowest BCUT2D eigenvalue weighted by atomic mass is 9.95. The molecule has 0 bridgehead atoms. The maximum Gasteiger partial charge on any atom is 0.260 e. The Morgan fingerprint density at radius 1 is 0.791 bits per heavy atom. The van der Waals surface area contributed by atoms with Crippen LogP contribution in [0.5, 0.6) is 0 Å². The average Bonchev–Trinajstić information content (AvgIpc) is 3.88. The fraction of sp³-hybridized carbons (Fsp3) is 0.353. The molecule has 1 unspecified atom stereocenters. The number of benzene rings is 4. The van der Waals surface area contributed by atoms with E-state index in [2.05, 4.69) is 101 Å². The summed E-state index contributed by atoms with van der Waals surface area (Å²) in [6.45, 7) is 7.00. The summed E-state index contributed by atoms with van der Waals surface area (Å²) in [6.07, 6.45) is 8.16. The van der Waals surface area contributed by atoms with Crippen molar-refractivity contribution in [1.29, 1.82) is 0 Å². The molecule has 2 atom stereocenters. The minimum atomic E-state index is -1.67. The first-order chi connectivity index (χ1) is 32.1. The number of aromatic amines is 1. The molecular formula is C51H62BrN11O4. The summed E-state index contributed by atoms with van der Waals surface area (Å²) in [5.41, 5.74) is 13.1. The summed E-state index contributed by atoms with van der Waals surface area (Å²) >= 11 is 3.40. The number of nitrogen functional groups attached to an aromatic ring is 1. The first-order valence-corrected chi connectivity index (χ1v) is 23.4. The van der Waals surface area contributed by atoms with Crippen LogP contribution in [0.25, 0.3) is 22.4 Å². The van der Waals surface area contributed by atoms with E-state index in [1.807, 2.05) is 73.8 Å². The number of nitrogens with two attached hydrogens (primary N) is 1. The van der Waals surface area contributed by atoms with E-state index in [9.17, 15) is 19.8 Å². The van der Waals surface area contributed by atoms with Gasteiger partial charge in [-0.05, 0) is 127 Å². The van der Waals surface area contributed by atoms with Crippen molar-refractivity contribution < 1.29 is 19.8 Å². The number of hydrogen-bond acceptors (Lipinski definition) is 12. The van der Waals surface area contributed by atoms with Crippen LogP contribution >= 0.6 is 15.9 Å². The summed E-state index contributed by atoms with van der Waals surface area (Å²) in [5, 5.41) is 34.5. The van der Waals surface area contributed by atoms with Crippen molar-refractivity contribution >= 4 is 56.4 Å². The molecule has 67 heavy (non-hydrogen) atoms. The highest BCUT2D eigenvalue weighted by Gasteiger charge is 2.34. The lowest BCUT2D eigenvalue weighted by Gasteiger charge is -2.37. The number of carbonyl (C=O) groups excluding carboxylic acids is 2. The average molecular weight is 973 g/mol. The SMILES string of the molecule is CN(C)C1CCN(c2cc(-c3cn[nH]c3)ccc2NC(=O)[C@@](C)(O)c2ccc(Br)cc2)CC1.Cc1ccc(C(O)C(=O)Nc2ccc(-c3ccnc(N)n3)cc2N2CCC(N(C)C)CC2)cc1. The summed E-state index contributed by atoms with van der Waals surface area (Å²) in [4.78, 5) is 43.6. The van der Waals surface area contributed by atoms with Gasteiger partial charge >= 0.3 is 0 Å². The maximum absolute atomic E-state index is 13.2. The van der Waals surface area contributed by atoms with Crippen molar-refractivity contribution in [3.05, 3.63) is 131 Å². The second-order valence-electron chi connectivity index (χ2n) is 18.0. The molecule has 7 N–H and O–H groups in total. The van der Waals surface area contributed by atoms with Gasteiger partial charge in [0.2, 0.25) is 5.95 Å². The van der Waals surface area contributed by atoms with E-state index in [1.165, 1.54) is 6.92 Å². The number of aromatic nitrogens is 4. The van der Waals surface area contributed by atoms with Crippen molar-refractivity contribution in [3.8, 4) is 22.4 Å². The quantitative estimate of drug-likeness (QED) is 0.0711. The lowest BCUT2D eigenvalue weighted by Crippen LogP contribution is -2.42. The molecule has 2 aliphatic rings. The van der Waals surface area contributed by atoms with Gasteiger partial charge < -0.3 is 46.2 Å². The molecule has 15 nitrogen and oxygen atoms in total. The van der Waals surface area contributed by atoms with Crippen molar-refractivity contribution in [2.75, 3.05) is 80.5 Å². The zero-order valence-electron chi connectivity index (χ0n) is 39.1. The molecule has 6 aromatic rings. The van der Waals surface area contributed by atoms with E-state index in [-0.39, 0.29) is 5.95 Å². The van der Waals surface area contributed by atoms with Crippen molar-refractivity contribution in [3.63, 3.8) is 0 Å². The molecule has 352 valence electrons. The standard InChI is InChI=1S/C26H32N6O2.C25H30BrN5O2/c1-17-4-6-18(7-5-17)24(33)25(34)29-22-9-8-19(21-10-13-28-26(27)30-21)16-23(22)32-14-11-20(12-15-32)31(2)3;1-25(33,19-5-7-20(26)8-6-19)24(32)29-22-9-4-17(18-15-27-28-16-18)14-23(22)31-12-10-21(11-13-31)30(2)3/h4-10,13,16,20,24,33H,11-12,14-15H2,1-3H3,(H,29,34)(H2,27,28,30);4-9,14-16,21,33H,10-13H2,1-3H3,(H,27,28)(H,29,32)/t;25-/m.0/s1. The number of piperidine rings is 2. The van der Waals surface area contributed by atoms with E-state index in [4.69, 9.17) is 5.73 Å².